The summed E-state index contributed by atoms with van der Waals surface area (Å²) in [6.45, 7) is 5.59. The monoisotopic (exact) mass is 294 g/mol. The fourth-order valence-corrected chi connectivity index (χ4v) is 2.00. The van der Waals surface area contributed by atoms with Crippen LogP contribution < -0.4 is 10.1 Å². The third kappa shape index (κ3) is 3.64. The van der Waals surface area contributed by atoms with Crippen molar-refractivity contribution < 1.29 is 9.53 Å². The molecule has 1 N–H and O–H groups in total. The molecule has 0 heterocycles. The molecule has 0 aliphatic rings. The van der Waals surface area contributed by atoms with E-state index in [0.29, 0.717) is 17.0 Å². The molecule has 1 amide bonds. The Bertz CT molecular complexity index is 732. The van der Waals surface area contributed by atoms with Crippen LogP contribution >= 0.6 is 0 Å². The molecule has 0 fully saturated rings. The van der Waals surface area contributed by atoms with Crippen LogP contribution in [0.2, 0.25) is 0 Å². The molecule has 0 aliphatic carbocycles. The van der Waals surface area contributed by atoms with E-state index in [1.54, 1.807) is 31.2 Å². The molecule has 0 saturated heterocycles. The van der Waals surface area contributed by atoms with Crippen LogP contribution in [-0.4, -0.2) is 12.0 Å². The van der Waals surface area contributed by atoms with E-state index < -0.39 is 6.10 Å². The predicted octanol–water partition coefficient (Wildman–Crippen LogP) is 3.58. The van der Waals surface area contributed by atoms with Crippen LogP contribution in [0, 0.1) is 25.2 Å². The van der Waals surface area contributed by atoms with Gasteiger partial charge in [0.05, 0.1) is 11.3 Å². The Hall–Kier alpha value is -2.80. The molecule has 1 unspecified atom stereocenters. The average molecular weight is 294 g/mol. The SMILES string of the molecule is Cc1ccc(C)c(OC(C)C(=O)Nc2ccccc2C#N)c1. The number of hydrogen-bond donors (Lipinski definition) is 1. The number of ether oxygens (including phenoxy) is 1. The molecule has 0 bridgehead atoms. The van der Waals surface area contributed by atoms with Crippen molar-refractivity contribution in [3.8, 4) is 11.8 Å². The van der Waals surface area contributed by atoms with Gasteiger partial charge in [-0.2, -0.15) is 5.26 Å². The third-order valence-corrected chi connectivity index (χ3v) is 3.32. The lowest BCUT2D eigenvalue weighted by Crippen LogP contribution is -2.30. The molecule has 4 nitrogen and oxygen atoms in total. The Morgan fingerprint density at radius 2 is 1.95 bits per heavy atom. The normalized spacial score (nSPS) is 11.4. The van der Waals surface area contributed by atoms with Gasteiger partial charge in [0.25, 0.3) is 5.91 Å². The van der Waals surface area contributed by atoms with Crippen molar-refractivity contribution in [3.63, 3.8) is 0 Å². The lowest BCUT2D eigenvalue weighted by molar-refractivity contribution is -0.122. The first-order chi connectivity index (χ1) is 10.5. The summed E-state index contributed by atoms with van der Waals surface area (Å²) in [4.78, 5) is 12.2. The molecule has 1 atom stereocenters. The highest BCUT2D eigenvalue weighted by Crippen LogP contribution is 2.21. The molecule has 0 aromatic heterocycles. The highest BCUT2D eigenvalue weighted by molar-refractivity contribution is 5.95. The van der Waals surface area contributed by atoms with Crippen LogP contribution in [0.1, 0.15) is 23.6 Å². The van der Waals surface area contributed by atoms with Crippen molar-refractivity contribution in [3.05, 3.63) is 59.2 Å². The topological polar surface area (TPSA) is 62.1 Å². The summed E-state index contributed by atoms with van der Waals surface area (Å²) >= 11 is 0. The zero-order valence-corrected chi connectivity index (χ0v) is 12.9. The second-order valence-corrected chi connectivity index (χ2v) is 5.18. The number of nitrogens with one attached hydrogen (secondary N) is 1. The van der Waals surface area contributed by atoms with Gasteiger partial charge in [0.2, 0.25) is 0 Å². The summed E-state index contributed by atoms with van der Waals surface area (Å²) in [5.74, 6) is 0.403. The molecule has 112 valence electrons. The summed E-state index contributed by atoms with van der Waals surface area (Å²) in [5, 5.41) is 11.8. The molecule has 2 rings (SSSR count). The van der Waals surface area contributed by atoms with Gasteiger partial charge in [0.1, 0.15) is 11.8 Å². The van der Waals surface area contributed by atoms with E-state index in [9.17, 15) is 4.79 Å². The van der Waals surface area contributed by atoms with Crippen molar-refractivity contribution in [2.75, 3.05) is 5.32 Å². The van der Waals surface area contributed by atoms with E-state index in [1.165, 1.54) is 0 Å². The minimum absolute atomic E-state index is 0.288. The van der Waals surface area contributed by atoms with Crippen molar-refractivity contribution in [2.45, 2.75) is 26.9 Å². The maximum absolute atomic E-state index is 12.2. The zero-order chi connectivity index (χ0) is 16.1. The number of para-hydroxylation sites is 1. The molecule has 22 heavy (non-hydrogen) atoms. The second-order valence-electron chi connectivity index (χ2n) is 5.18. The van der Waals surface area contributed by atoms with Gasteiger partial charge in [-0.15, -0.1) is 0 Å². The lowest BCUT2D eigenvalue weighted by Gasteiger charge is -2.17. The summed E-state index contributed by atoms with van der Waals surface area (Å²) < 4.78 is 5.74. The van der Waals surface area contributed by atoms with E-state index in [-0.39, 0.29) is 5.91 Å². The van der Waals surface area contributed by atoms with Crippen molar-refractivity contribution in [2.24, 2.45) is 0 Å². The molecular formula is C18H18N2O2. The van der Waals surface area contributed by atoms with Gasteiger partial charge in [-0.05, 0) is 50.1 Å². The number of carbonyl (C=O) groups excluding carboxylic acids is 1. The van der Waals surface area contributed by atoms with Crippen LogP contribution in [0.4, 0.5) is 5.69 Å². The molecule has 0 spiro atoms. The van der Waals surface area contributed by atoms with Crippen LogP contribution in [0.3, 0.4) is 0 Å². The summed E-state index contributed by atoms with van der Waals surface area (Å²) in [7, 11) is 0. The quantitative estimate of drug-likeness (QED) is 0.937. The van der Waals surface area contributed by atoms with E-state index in [4.69, 9.17) is 10.00 Å². The largest absolute Gasteiger partial charge is 0.481 e. The van der Waals surface area contributed by atoms with Gasteiger partial charge in [-0.3, -0.25) is 4.79 Å². The third-order valence-electron chi connectivity index (χ3n) is 3.32. The Balaban J connectivity index is 2.10. The average Bonchev–Trinajstić information content (AvgIpc) is 2.51. The van der Waals surface area contributed by atoms with Crippen molar-refractivity contribution >= 4 is 11.6 Å². The van der Waals surface area contributed by atoms with E-state index >= 15 is 0 Å². The number of carbonyl (C=O) groups is 1. The van der Waals surface area contributed by atoms with E-state index in [1.807, 2.05) is 32.0 Å². The fourth-order valence-electron chi connectivity index (χ4n) is 2.00. The predicted molar refractivity (Wildman–Crippen MR) is 85.8 cm³/mol. The Labute approximate surface area is 130 Å². The fraction of sp³-hybridized carbons (Fsp3) is 0.222. The van der Waals surface area contributed by atoms with Crippen molar-refractivity contribution in [1.29, 1.82) is 5.26 Å². The van der Waals surface area contributed by atoms with E-state index in [2.05, 4.69) is 11.4 Å². The Kier molecular flexibility index (Phi) is 4.80. The van der Waals surface area contributed by atoms with Gasteiger partial charge < -0.3 is 10.1 Å². The summed E-state index contributed by atoms with van der Waals surface area (Å²) in [6.07, 6.45) is -0.660. The van der Waals surface area contributed by atoms with Gasteiger partial charge in [-0.1, -0.05) is 24.3 Å². The standard InChI is InChI=1S/C18H18N2O2/c1-12-8-9-13(2)17(10-12)22-14(3)18(21)20-16-7-5-4-6-15(16)11-19/h4-10,14H,1-3H3,(H,20,21). The molecule has 2 aromatic carbocycles. The van der Waals surface area contributed by atoms with Gasteiger partial charge in [-0.25, -0.2) is 0 Å². The van der Waals surface area contributed by atoms with Gasteiger partial charge >= 0.3 is 0 Å². The number of rotatable bonds is 4. The highest BCUT2D eigenvalue weighted by Gasteiger charge is 2.17. The lowest BCUT2D eigenvalue weighted by atomic mass is 10.1. The number of aryl methyl sites for hydroxylation is 2. The van der Waals surface area contributed by atoms with E-state index in [0.717, 1.165) is 11.1 Å². The number of nitriles is 1. The summed E-state index contributed by atoms with van der Waals surface area (Å²) in [5.41, 5.74) is 2.96. The Morgan fingerprint density at radius 1 is 1.23 bits per heavy atom. The maximum atomic E-state index is 12.2. The number of benzene rings is 2. The van der Waals surface area contributed by atoms with Gasteiger partial charge in [0.15, 0.2) is 6.10 Å². The first kappa shape index (κ1) is 15.6. The van der Waals surface area contributed by atoms with Crippen molar-refractivity contribution in [1.82, 2.24) is 0 Å². The molecule has 4 heteroatoms. The molecule has 2 aromatic rings. The van der Waals surface area contributed by atoms with Crippen LogP contribution in [0.5, 0.6) is 5.75 Å². The van der Waals surface area contributed by atoms with Gasteiger partial charge in [0, 0.05) is 0 Å². The maximum Gasteiger partial charge on any atom is 0.265 e. The number of anilines is 1. The van der Waals surface area contributed by atoms with Crippen LogP contribution in [0.15, 0.2) is 42.5 Å². The zero-order valence-electron chi connectivity index (χ0n) is 12.9. The molecule has 0 radical (unpaired) electrons. The number of nitrogens with zero attached hydrogens (tertiary/aromatic N) is 1. The minimum atomic E-state index is -0.660. The highest BCUT2D eigenvalue weighted by atomic mass is 16.5. The first-order valence-electron chi connectivity index (χ1n) is 7.05. The van der Waals surface area contributed by atoms with Crippen LogP contribution in [-0.2, 0) is 4.79 Å². The number of hydrogen-bond acceptors (Lipinski definition) is 3. The number of amides is 1. The molecule has 0 saturated carbocycles. The smallest absolute Gasteiger partial charge is 0.265 e. The van der Waals surface area contributed by atoms with Crippen LogP contribution in [0.25, 0.3) is 0 Å². The second kappa shape index (κ2) is 6.77. The first-order valence-corrected chi connectivity index (χ1v) is 7.05. The Morgan fingerprint density at radius 3 is 2.68 bits per heavy atom. The summed E-state index contributed by atoms with van der Waals surface area (Å²) in [6, 6.07) is 14.8. The minimum Gasteiger partial charge on any atom is -0.481 e. The molecular weight excluding hydrogens is 276 g/mol. The molecule has 0 aliphatic heterocycles.